The van der Waals surface area contributed by atoms with Crippen molar-refractivity contribution in [1.82, 2.24) is 9.97 Å². The van der Waals surface area contributed by atoms with Crippen LogP contribution in [0.2, 0.25) is 0 Å². The van der Waals surface area contributed by atoms with E-state index in [4.69, 9.17) is 5.26 Å². The van der Waals surface area contributed by atoms with Gasteiger partial charge in [-0.25, -0.2) is 9.97 Å². The minimum atomic E-state index is -0.317. The highest BCUT2D eigenvalue weighted by atomic mass is 16.1. The molecule has 0 saturated heterocycles. The summed E-state index contributed by atoms with van der Waals surface area (Å²) in [7, 11) is 0. The summed E-state index contributed by atoms with van der Waals surface area (Å²) in [5, 5.41) is 14.8. The standard InChI is InChI=1S/C22H21N5O/c1-16-14-20(21(28)26-19-11-9-18(15-23)10-12-19)27-22(25-16)24-13-5-8-17-6-3-2-4-7-17/h2-4,6-7,9-12,14H,5,8,13H2,1H3,(H,26,28)(H,24,25,27). The molecule has 0 aliphatic rings. The second-order valence-corrected chi connectivity index (χ2v) is 6.38. The van der Waals surface area contributed by atoms with E-state index in [9.17, 15) is 4.79 Å². The number of anilines is 2. The van der Waals surface area contributed by atoms with Crippen LogP contribution in [-0.2, 0) is 6.42 Å². The largest absolute Gasteiger partial charge is 0.354 e. The second-order valence-electron chi connectivity index (χ2n) is 6.38. The van der Waals surface area contributed by atoms with Crippen LogP contribution >= 0.6 is 0 Å². The summed E-state index contributed by atoms with van der Waals surface area (Å²) >= 11 is 0. The Morgan fingerprint density at radius 2 is 1.82 bits per heavy atom. The van der Waals surface area contributed by atoms with Crippen molar-refractivity contribution in [3.05, 3.63) is 83.2 Å². The molecule has 140 valence electrons. The normalized spacial score (nSPS) is 10.1. The summed E-state index contributed by atoms with van der Waals surface area (Å²) in [6.45, 7) is 2.55. The highest BCUT2D eigenvalue weighted by molar-refractivity contribution is 6.03. The van der Waals surface area contributed by atoms with E-state index < -0.39 is 0 Å². The molecule has 0 unspecified atom stereocenters. The van der Waals surface area contributed by atoms with E-state index >= 15 is 0 Å². The lowest BCUT2D eigenvalue weighted by atomic mass is 10.1. The van der Waals surface area contributed by atoms with E-state index in [0.29, 0.717) is 28.6 Å². The van der Waals surface area contributed by atoms with E-state index in [0.717, 1.165) is 19.4 Å². The molecule has 2 N–H and O–H groups in total. The van der Waals surface area contributed by atoms with Crippen molar-refractivity contribution in [2.24, 2.45) is 0 Å². The van der Waals surface area contributed by atoms with Gasteiger partial charge in [-0.05, 0) is 55.7 Å². The highest BCUT2D eigenvalue weighted by Gasteiger charge is 2.11. The Hall–Kier alpha value is -3.72. The lowest BCUT2D eigenvalue weighted by Gasteiger charge is -2.09. The molecule has 0 radical (unpaired) electrons. The van der Waals surface area contributed by atoms with Crippen molar-refractivity contribution in [1.29, 1.82) is 5.26 Å². The van der Waals surface area contributed by atoms with Gasteiger partial charge < -0.3 is 10.6 Å². The summed E-state index contributed by atoms with van der Waals surface area (Å²) in [4.78, 5) is 21.2. The Balaban J connectivity index is 1.58. The molecule has 1 heterocycles. The second kappa shape index (κ2) is 9.28. The topological polar surface area (TPSA) is 90.7 Å². The number of hydrogen-bond donors (Lipinski definition) is 2. The molecule has 2 aromatic carbocycles. The molecule has 0 aliphatic heterocycles. The van der Waals surface area contributed by atoms with Crippen LogP contribution in [0.3, 0.4) is 0 Å². The van der Waals surface area contributed by atoms with Crippen LogP contribution in [0.5, 0.6) is 0 Å². The first-order valence-electron chi connectivity index (χ1n) is 9.09. The maximum Gasteiger partial charge on any atom is 0.274 e. The highest BCUT2D eigenvalue weighted by Crippen LogP contribution is 2.12. The van der Waals surface area contributed by atoms with Crippen molar-refractivity contribution in [2.75, 3.05) is 17.2 Å². The predicted molar refractivity (Wildman–Crippen MR) is 109 cm³/mol. The van der Waals surface area contributed by atoms with Crippen LogP contribution < -0.4 is 10.6 Å². The summed E-state index contributed by atoms with van der Waals surface area (Å²) in [6, 6.07) is 20.7. The zero-order valence-corrected chi connectivity index (χ0v) is 15.6. The van der Waals surface area contributed by atoms with Gasteiger partial charge in [0.05, 0.1) is 11.6 Å². The maximum atomic E-state index is 12.5. The minimum absolute atomic E-state index is 0.294. The summed E-state index contributed by atoms with van der Waals surface area (Å²) < 4.78 is 0. The van der Waals surface area contributed by atoms with Gasteiger partial charge in [-0.15, -0.1) is 0 Å². The molecule has 3 rings (SSSR count). The molecule has 0 spiro atoms. The van der Waals surface area contributed by atoms with Crippen molar-refractivity contribution in [2.45, 2.75) is 19.8 Å². The van der Waals surface area contributed by atoms with Gasteiger partial charge in [0.2, 0.25) is 5.95 Å². The van der Waals surface area contributed by atoms with Crippen molar-refractivity contribution >= 4 is 17.5 Å². The van der Waals surface area contributed by atoms with Gasteiger partial charge in [-0.2, -0.15) is 5.26 Å². The quantitative estimate of drug-likeness (QED) is 0.614. The molecule has 6 nitrogen and oxygen atoms in total. The van der Waals surface area contributed by atoms with Gasteiger partial charge in [-0.3, -0.25) is 4.79 Å². The SMILES string of the molecule is Cc1cc(C(=O)Nc2ccc(C#N)cc2)nc(NCCCc2ccccc2)n1. The third-order valence-corrected chi connectivity index (χ3v) is 4.13. The van der Waals surface area contributed by atoms with Gasteiger partial charge in [-0.1, -0.05) is 30.3 Å². The van der Waals surface area contributed by atoms with E-state index in [2.05, 4.69) is 32.7 Å². The first-order valence-corrected chi connectivity index (χ1v) is 9.09. The molecule has 1 aromatic heterocycles. The molecule has 6 heteroatoms. The molecular weight excluding hydrogens is 350 g/mol. The Labute approximate surface area is 164 Å². The number of aryl methyl sites for hydroxylation is 2. The fourth-order valence-corrected chi connectivity index (χ4v) is 2.72. The molecule has 0 atom stereocenters. The molecule has 0 saturated carbocycles. The third-order valence-electron chi connectivity index (χ3n) is 4.13. The zero-order valence-electron chi connectivity index (χ0n) is 15.6. The number of nitrogens with zero attached hydrogens (tertiary/aromatic N) is 3. The molecule has 0 bridgehead atoms. The molecule has 28 heavy (non-hydrogen) atoms. The van der Waals surface area contributed by atoms with Crippen molar-refractivity contribution < 1.29 is 4.79 Å². The first kappa shape index (κ1) is 19.1. The lowest BCUT2D eigenvalue weighted by molar-refractivity contribution is 0.102. The van der Waals surface area contributed by atoms with Crippen LogP contribution in [-0.4, -0.2) is 22.4 Å². The van der Waals surface area contributed by atoms with Gasteiger partial charge in [0.15, 0.2) is 0 Å². The molecular formula is C22H21N5O. The molecule has 0 aliphatic carbocycles. The minimum Gasteiger partial charge on any atom is -0.354 e. The van der Waals surface area contributed by atoms with Gasteiger partial charge in [0.25, 0.3) is 5.91 Å². The van der Waals surface area contributed by atoms with Gasteiger partial charge in [0, 0.05) is 17.9 Å². The summed E-state index contributed by atoms with van der Waals surface area (Å²) in [5.41, 5.74) is 3.44. The number of amides is 1. The number of nitrogens with one attached hydrogen (secondary N) is 2. The van der Waals surface area contributed by atoms with Crippen LogP contribution in [0.15, 0.2) is 60.7 Å². The van der Waals surface area contributed by atoms with Crippen LogP contribution in [0.25, 0.3) is 0 Å². The predicted octanol–water partition coefficient (Wildman–Crippen LogP) is 3.95. The molecule has 1 amide bonds. The Kier molecular flexibility index (Phi) is 6.32. The fourth-order valence-electron chi connectivity index (χ4n) is 2.72. The maximum absolute atomic E-state index is 12.5. The fraction of sp³-hybridized carbons (Fsp3) is 0.182. The number of aromatic nitrogens is 2. The van der Waals surface area contributed by atoms with Gasteiger partial charge >= 0.3 is 0 Å². The Morgan fingerprint density at radius 3 is 2.54 bits per heavy atom. The lowest BCUT2D eigenvalue weighted by Crippen LogP contribution is -2.16. The average molecular weight is 371 g/mol. The number of rotatable bonds is 7. The van der Waals surface area contributed by atoms with E-state index in [-0.39, 0.29) is 5.91 Å². The monoisotopic (exact) mass is 371 g/mol. The van der Waals surface area contributed by atoms with Crippen LogP contribution in [0.1, 0.15) is 33.7 Å². The average Bonchev–Trinajstić information content (AvgIpc) is 2.72. The molecule has 3 aromatic rings. The summed E-state index contributed by atoms with van der Waals surface area (Å²) in [5.74, 6) is 0.126. The number of hydrogen-bond acceptors (Lipinski definition) is 5. The summed E-state index contributed by atoms with van der Waals surface area (Å²) in [6.07, 6.45) is 1.90. The number of carbonyl (C=O) groups is 1. The Bertz CT molecular complexity index is 978. The third kappa shape index (κ3) is 5.39. The van der Waals surface area contributed by atoms with Crippen LogP contribution in [0.4, 0.5) is 11.6 Å². The van der Waals surface area contributed by atoms with Crippen LogP contribution in [0, 0.1) is 18.3 Å². The zero-order chi connectivity index (χ0) is 19.8. The van der Waals surface area contributed by atoms with E-state index in [1.807, 2.05) is 31.2 Å². The van der Waals surface area contributed by atoms with Crippen molar-refractivity contribution in [3.63, 3.8) is 0 Å². The van der Waals surface area contributed by atoms with Crippen molar-refractivity contribution in [3.8, 4) is 6.07 Å². The number of nitriles is 1. The Morgan fingerprint density at radius 1 is 1.07 bits per heavy atom. The first-order chi connectivity index (χ1) is 13.6. The van der Waals surface area contributed by atoms with E-state index in [1.165, 1.54) is 5.56 Å². The van der Waals surface area contributed by atoms with E-state index in [1.54, 1.807) is 30.3 Å². The number of benzene rings is 2. The van der Waals surface area contributed by atoms with Gasteiger partial charge in [0.1, 0.15) is 5.69 Å². The smallest absolute Gasteiger partial charge is 0.274 e. The number of carbonyl (C=O) groups excluding carboxylic acids is 1. The molecule has 0 fully saturated rings.